The summed E-state index contributed by atoms with van der Waals surface area (Å²) in [6.07, 6.45) is 0.499. The van der Waals surface area contributed by atoms with Crippen LogP contribution in [0.3, 0.4) is 0 Å². The fourth-order valence-corrected chi connectivity index (χ4v) is 0.288. The maximum absolute atomic E-state index is 10.6. The highest BCUT2D eigenvalue weighted by Gasteiger charge is 2.24. The molecule has 5 heteroatoms. The molecule has 0 aliphatic rings. The molecule has 62 valence electrons. The maximum atomic E-state index is 10.6. The number of hydrogen-bond acceptors (Lipinski definition) is 3. The lowest BCUT2D eigenvalue weighted by Crippen LogP contribution is -2.50. The van der Waals surface area contributed by atoms with Gasteiger partial charge in [0.15, 0.2) is 0 Å². The maximum Gasteiger partial charge on any atom is 0.263 e. The van der Waals surface area contributed by atoms with E-state index in [0.717, 1.165) is 0 Å². The van der Waals surface area contributed by atoms with Crippen LogP contribution in [0.15, 0.2) is 0 Å². The number of hydroxylamine groups is 1. The molecule has 0 heterocycles. The van der Waals surface area contributed by atoms with Gasteiger partial charge < -0.3 is 5.73 Å². The Kier molecular flexibility index (Phi) is 5.55. The Morgan fingerprint density at radius 3 is 2.30 bits per heavy atom. The highest BCUT2D eigenvalue weighted by atomic mass is 35.5. The van der Waals surface area contributed by atoms with Gasteiger partial charge in [0, 0.05) is 0 Å². The molecule has 0 bridgehead atoms. The number of carbonyl (C=O) groups is 1. The van der Waals surface area contributed by atoms with Crippen molar-refractivity contribution < 1.29 is 10.0 Å². The average Bonchev–Trinajstić information content (AvgIpc) is 1.86. The summed E-state index contributed by atoms with van der Waals surface area (Å²) in [5.41, 5.74) is 5.94. The summed E-state index contributed by atoms with van der Waals surface area (Å²) in [4.78, 5) is 10.6. The lowest BCUT2D eigenvalue weighted by atomic mass is 10.0. The molecule has 0 saturated heterocycles. The van der Waals surface area contributed by atoms with E-state index in [1.807, 2.05) is 0 Å². The van der Waals surface area contributed by atoms with Gasteiger partial charge in [-0.1, -0.05) is 6.92 Å². The third kappa shape index (κ3) is 3.00. The van der Waals surface area contributed by atoms with E-state index in [2.05, 4.69) is 0 Å². The number of carbonyl (C=O) groups excluding carboxylic acids is 1. The van der Waals surface area contributed by atoms with Crippen molar-refractivity contribution in [1.82, 2.24) is 5.48 Å². The zero-order valence-electron chi connectivity index (χ0n) is 6.05. The van der Waals surface area contributed by atoms with Crippen LogP contribution >= 0.6 is 12.4 Å². The molecule has 1 amide bonds. The van der Waals surface area contributed by atoms with Gasteiger partial charge >= 0.3 is 0 Å². The Bertz CT molecular complexity index is 116. The van der Waals surface area contributed by atoms with Crippen molar-refractivity contribution >= 4 is 18.3 Å². The van der Waals surface area contributed by atoms with Gasteiger partial charge in [-0.25, -0.2) is 5.48 Å². The smallest absolute Gasteiger partial charge is 0.263 e. The Balaban J connectivity index is 0. The fraction of sp³-hybridized carbons (Fsp3) is 0.800. The van der Waals surface area contributed by atoms with Gasteiger partial charge in [-0.15, -0.1) is 12.4 Å². The molecule has 0 fully saturated rings. The van der Waals surface area contributed by atoms with E-state index in [1.165, 1.54) is 5.48 Å². The minimum Gasteiger partial charge on any atom is -0.318 e. The molecule has 0 aliphatic carbocycles. The molecule has 0 aliphatic heterocycles. The van der Waals surface area contributed by atoms with E-state index in [0.29, 0.717) is 6.42 Å². The van der Waals surface area contributed by atoms with E-state index < -0.39 is 11.4 Å². The summed E-state index contributed by atoms with van der Waals surface area (Å²) >= 11 is 0. The van der Waals surface area contributed by atoms with Crippen LogP contribution in [0.25, 0.3) is 0 Å². The van der Waals surface area contributed by atoms with E-state index >= 15 is 0 Å². The summed E-state index contributed by atoms with van der Waals surface area (Å²) in [6.45, 7) is 3.33. The summed E-state index contributed by atoms with van der Waals surface area (Å²) in [6, 6.07) is 0. The Morgan fingerprint density at radius 2 is 2.20 bits per heavy atom. The van der Waals surface area contributed by atoms with E-state index in [-0.39, 0.29) is 12.4 Å². The number of hydrogen-bond donors (Lipinski definition) is 3. The molecule has 10 heavy (non-hydrogen) atoms. The van der Waals surface area contributed by atoms with Crippen molar-refractivity contribution in [3.05, 3.63) is 0 Å². The fourth-order valence-electron chi connectivity index (χ4n) is 0.288. The second-order valence-electron chi connectivity index (χ2n) is 2.21. The highest BCUT2D eigenvalue weighted by molar-refractivity contribution is 5.85. The minimum atomic E-state index is -0.950. The first kappa shape index (κ1) is 12.4. The number of rotatable bonds is 2. The van der Waals surface area contributed by atoms with Crippen LogP contribution in [0, 0.1) is 0 Å². The van der Waals surface area contributed by atoms with Crippen molar-refractivity contribution in [2.45, 2.75) is 25.8 Å². The van der Waals surface area contributed by atoms with Crippen LogP contribution in [-0.2, 0) is 4.79 Å². The van der Waals surface area contributed by atoms with Crippen LogP contribution in [0.5, 0.6) is 0 Å². The van der Waals surface area contributed by atoms with Crippen LogP contribution in [-0.4, -0.2) is 16.7 Å². The minimum absolute atomic E-state index is 0. The van der Waals surface area contributed by atoms with E-state index in [9.17, 15) is 4.79 Å². The first-order valence-electron chi connectivity index (χ1n) is 2.78. The largest absolute Gasteiger partial charge is 0.318 e. The zero-order valence-corrected chi connectivity index (χ0v) is 6.86. The van der Waals surface area contributed by atoms with Gasteiger partial charge in [0.05, 0.1) is 5.54 Å². The quantitative estimate of drug-likeness (QED) is 0.403. The van der Waals surface area contributed by atoms with Crippen LogP contribution in [0.2, 0.25) is 0 Å². The molecule has 0 aromatic rings. The van der Waals surface area contributed by atoms with Crippen molar-refractivity contribution in [3.63, 3.8) is 0 Å². The van der Waals surface area contributed by atoms with Crippen LogP contribution in [0.4, 0.5) is 0 Å². The Hall–Kier alpha value is -0.320. The molecule has 0 aromatic heterocycles. The number of nitrogens with two attached hydrogens (primary N) is 1. The number of halogens is 1. The third-order valence-corrected chi connectivity index (χ3v) is 1.35. The lowest BCUT2D eigenvalue weighted by molar-refractivity contribution is -0.134. The molecular formula is C5H13ClN2O2. The molecule has 0 spiro atoms. The predicted molar refractivity (Wildman–Crippen MR) is 40.1 cm³/mol. The third-order valence-electron chi connectivity index (χ3n) is 1.35. The Morgan fingerprint density at radius 1 is 1.80 bits per heavy atom. The van der Waals surface area contributed by atoms with Gasteiger partial charge in [0.25, 0.3) is 5.91 Å². The normalized spacial score (nSPS) is 14.8. The first-order valence-corrected chi connectivity index (χ1v) is 2.78. The van der Waals surface area contributed by atoms with Crippen molar-refractivity contribution in [1.29, 1.82) is 0 Å². The second-order valence-corrected chi connectivity index (χ2v) is 2.21. The van der Waals surface area contributed by atoms with Gasteiger partial charge in [-0.3, -0.25) is 10.0 Å². The topological polar surface area (TPSA) is 75.4 Å². The molecular weight excluding hydrogens is 156 g/mol. The molecule has 0 radical (unpaired) electrons. The van der Waals surface area contributed by atoms with Gasteiger partial charge in [0.2, 0.25) is 0 Å². The van der Waals surface area contributed by atoms with E-state index in [1.54, 1.807) is 13.8 Å². The molecule has 4 nitrogen and oxygen atoms in total. The zero-order chi connectivity index (χ0) is 7.49. The highest BCUT2D eigenvalue weighted by Crippen LogP contribution is 2.02. The molecule has 1 atom stereocenters. The van der Waals surface area contributed by atoms with Crippen molar-refractivity contribution in [2.75, 3.05) is 0 Å². The molecule has 0 rings (SSSR count). The molecule has 0 saturated carbocycles. The lowest BCUT2D eigenvalue weighted by Gasteiger charge is -2.18. The first-order chi connectivity index (χ1) is 4.04. The Labute approximate surface area is 66.2 Å². The van der Waals surface area contributed by atoms with E-state index in [4.69, 9.17) is 10.9 Å². The predicted octanol–water partition coefficient (Wildman–Crippen LogP) is 0.0410. The second kappa shape index (κ2) is 4.49. The van der Waals surface area contributed by atoms with Gasteiger partial charge in [0.1, 0.15) is 0 Å². The molecule has 1 unspecified atom stereocenters. The van der Waals surface area contributed by atoms with Crippen LogP contribution in [0.1, 0.15) is 20.3 Å². The van der Waals surface area contributed by atoms with Gasteiger partial charge in [-0.05, 0) is 13.3 Å². The standard InChI is InChI=1S/C5H12N2O2.ClH/c1-3-5(2,6)4(8)7-9;/h9H,3,6H2,1-2H3,(H,7,8);1H. The summed E-state index contributed by atoms with van der Waals surface area (Å²) in [5, 5.41) is 8.12. The molecule has 0 aromatic carbocycles. The van der Waals surface area contributed by atoms with Crippen molar-refractivity contribution in [3.8, 4) is 0 Å². The van der Waals surface area contributed by atoms with Crippen molar-refractivity contribution in [2.24, 2.45) is 5.73 Å². The summed E-state index contributed by atoms with van der Waals surface area (Å²) in [5.74, 6) is -0.551. The summed E-state index contributed by atoms with van der Waals surface area (Å²) < 4.78 is 0. The van der Waals surface area contributed by atoms with Gasteiger partial charge in [-0.2, -0.15) is 0 Å². The SMILES string of the molecule is CCC(C)(N)C(=O)NO.Cl. The average molecular weight is 169 g/mol. The van der Waals surface area contributed by atoms with Crippen LogP contribution < -0.4 is 11.2 Å². The molecule has 4 N–H and O–H groups in total. The summed E-state index contributed by atoms with van der Waals surface area (Å²) in [7, 11) is 0. The number of nitrogens with one attached hydrogen (secondary N) is 1. The monoisotopic (exact) mass is 168 g/mol. The number of amides is 1.